The maximum Gasteiger partial charge on any atom is 0.271 e. The number of allylic oxidation sites excluding steroid dienone is 1. The molecule has 5 atom stereocenters. The predicted octanol–water partition coefficient (Wildman–Crippen LogP) is 3.65. The van der Waals surface area contributed by atoms with Crippen LogP contribution in [0.15, 0.2) is 59.1 Å². The zero-order chi connectivity index (χ0) is 39.0. The highest BCUT2D eigenvalue weighted by atomic mass is 32.2. The van der Waals surface area contributed by atoms with Crippen molar-refractivity contribution >= 4 is 56.0 Å². The first-order valence-corrected chi connectivity index (χ1v) is 20.9. The topological polar surface area (TPSA) is 190 Å². The first-order valence-electron chi connectivity index (χ1n) is 18.4. The monoisotopic (exact) mass is 791 g/mol. The smallest absolute Gasteiger partial charge is 0.271 e. The molecule has 0 radical (unpaired) electrons. The van der Waals surface area contributed by atoms with Crippen LogP contribution in [0.3, 0.4) is 0 Å². The highest BCUT2D eigenvalue weighted by Crippen LogP contribution is 2.42. The number of carbonyl (C=O) groups is 4. The van der Waals surface area contributed by atoms with Crippen LogP contribution in [-0.4, -0.2) is 86.9 Å². The average molecular weight is 792 g/mol. The number of rotatable bonds is 8. The van der Waals surface area contributed by atoms with Crippen molar-refractivity contribution in [2.75, 3.05) is 6.54 Å². The summed E-state index contributed by atoms with van der Waals surface area (Å²) in [5.74, 6) is -3.92. The number of halogens is 1. The van der Waals surface area contributed by atoms with Gasteiger partial charge in [0.1, 0.15) is 35.4 Å². The van der Waals surface area contributed by atoms with E-state index in [1.165, 1.54) is 46.0 Å². The molecular formula is C38H42FN7O7S2. The molecule has 4 amide bonds. The fourth-order valence-corrected chi connectivity index (χ4v) is 8.95. The Labute approximate surface area is 321 Å². The minimum Gasteiger partial charge on any atom is -0.471 e. The first kappa shape index (κ1) is 38.3. The summed E-state index contributed by atoms with van der Waals surface area (Å²) in [5, 5.41) is 7.23. The minimum atomic E-state index is -4.10. The lowest BCUT2D eigenvalue weighted by Gasteiger charge is -2.35. The van der Waals surface area contributed by atoms with Gasteiger partial charge in [0, 0.05) is 23.8 Å². The number of aryl methyl sites for hydroxylation is 1. The van der Waals surface area contributed by atoms with E-state index >= 15 is 0 Å². The number of sulfonamides is 1. The summed E-state index contributed by atoms with van der Waals surface area (Å²) < 4.78 is 48.2. The van der Waals surface area contributed by atoms with Gasteiger partial charge in [-0.05, 0) is 69.7 Å². The lowest BCUT2D eigenvalue weighted by atomic mass is 9.85. The van der Waals surface area contributed by atoms with Gasteiger partial charge in [-0.3, -0.25) is 23.9 Å². The number of thiazole rings is 1. The summed E-state index contributed by atoms with van der Waals surface area (Å²) in [6, 6.07) is 1.80. The molecular weight excluding hydrogens is 750 g/mol. The number of benzene rings is 1. The van der Waals surface area contributed by atoms with Gasteiger partial charge in [0.15, 0.2) is 5.54 Å². The second-order valence-corrected chi connectivity index (χ2v) is 17.6. The Morgan fingerprint density at radius 2 is 1.98 bits per heavy atom. The van der Waals surface area contributed by atoms with Gasteiger partial charge in [-0.15, -0.1) is 17.1 Å². The molecule has 3 aromatic rings. The molecule has 14 nitrogen and oxygen atoms in total. The van der Waals surface area contributed by atoms with E-state index in [4.69, 9.17) is 4.74 Å². The van der Waals surface area contributed by atoms with E-state index in [1.54, 1.807) is 24.5 Å². The summed E-state index contributed by atoms with van der Waals surface area (Å²) in [4.78, 5) is 71.1. The number of nitrogens with one attached hydrogen (secondary N) is 3. The Hall–Kier alpha value is -4.99. The molecule has 2 aromatic heterocycles. The lowest BCUT2D eigenvalue weighted by molar-refractivity contribution is -0.141. The third-order valence-corrected chi connectivity index (χ3v) is 13.5. The van der Waals surface area contributed by atoms with Gasteiger partial charge in [-0.2, -0.15) is 0 Å². The maximum atomic E-state index is 14.6. The van der Waals surface area contributed by atoms with E-state index in [0.29, 0.717) is 43.3 Å². The van der Waals surface area contributed by atoms with E-state index in [-0.39, 0.29) is 36.5 Å². The largest absolute Gasteiger partial charge is 0.471 e. The van der Waals surface area contributed by atoms with Crippen LogP contribution in [0.4, 0.5) is 4.39 Å². The molecule has 55 heavy (non-hydrogen) atoms. The second-order valence-electron chi connectivity index (χ2n) is 14.7. The van der Waals surface area contributed by atoms with E-state index in [0.717, 1.165) is 12.8 Å². The lowest BCUT2D eigenvalue weighted by Crippen LogP contribution is -2.64. The van der Waals surface area contributed by atoms with Crippen molar-refractivity contribution in [1.29, 1.82) is 0 Å². The number of amides is 4. The molecule has 1 unspecified atom stereocenters. The van der Waals surface area contributed by atoms with Gasteiger partial charge >= 0.3 is 0 Å². The quantitative estimate of drug-likeness (QED) is 0.224. The van der Waals surface area contributed by atoms with Gasteiger partial charge in [-0.1, -0.05) is 31.9 Å². The number of hydrogen-bond acceptors (Lipinski definition) is 11. The molecule has 1 saturated heterocycles. The molecule has 2 aliphatic heterocycles. The number of aromatic nitrogens is 3. The SMILES string of the molecule is CCc1nc2ccc(F)cc2nc1O[C@@H]1C[C@H]2C(=O)N[C@]3(C(=O)NS(=O)(=O)C4(C)CC4)C=C=CC3/C=C\CCCCC[C@H](NC(=O)c3cscn3)C(=O)N2C1. The number of fused-ring (bicyclic) bond motifs is 3. The highest BCUT2D eigenvalue weighted by Gasteiger charge is 2.55. The van der Waals surface area contributed by atoms with Crippen molar-refractivity contribution < 1.29 is 36.7 Å². The van der Waals surface area contributed by atoms with Gasteiger partial charge in [0.25, 0.3) is 11.8 Å². The second kappa shape index (κ2) is 15.3. The van der Waals surface area contributed by atoms with Crippen LogP contribution in [0, 0.1) is 11.7 Å². The summed E-state index contributed by atoms with van der Waals surface area (Å²) in [6.07, 6.45) is 9.87. The van der Waals surface area contributed by atoms with Crippen LogP contribution < -0.4 is 20.1 Å². The molecule has 4 heterocycles. The van der Waals surface area contributed by atoms with Crippen molar-refractivity contribution in [2.45, 2.75) is 100 Å². The molecule has 290 valence electrons. The maximum absolute atomic E-state index is 14.6. The number of hydrogen-bond donors (Lipinski definition) is 3. The van der Waals surface area contributed by atoms with Crippen molar-refractivity contribution in [3.63, 3.8) is 0 Å². The van der Waals surface area contributed by atoms with E-state index in [2.05, 4.69) is 36.0 Å². The van der Waals surface area contributed by atoms with Crippen LogP contribution in [0.5, 0.6) is 5.88 Å². The number of ether oxygens (including phenoxy) is 1. The average Bonchev–Trinajstić information content (AvgIpc) is 3.52. The van der Waals surface area contributed by atoms with Gasteiger partial charge in [-0.25, -0.2) is 27.8 Å². The zero-order valence-electron chi connectivity index (χ0n) is 30.4. The van der Waals surface area contributed by atoms with Crippen LogP contribution in [0.2, 0.25) is 0 Å². The third-order valence-electron chi connectivity index (χ3n) is 10.7. The van der Waals surface area contributed by atoms with Crippen LogP contribution >= 0.6 is 11.3 Å². The Morgan fingerprint density at radius 3 is 2.73 bits per heavy atom. The molecule has 1 saturated carbocycles. The third kappa shape index (κ3) is 7.78. The molecule has 0 spiro atoms. The van der Waals surface area contributed by atoms with Crippen LogP contribution in [0.1, 0.15) is 81.4 Å². The molecule has 1 aromatic carbocycles. The number of carbonyl (C=O) groups excluding carboxylic acids is 4. The van der Waals surface area contributed by atoms with Gasteiger partial charge < -0.3 is 20.3 Å². The summed E-state index contributed by atoms with van der Waals surface area (Å²) in [7, 11) is -4.10. The van der Waals surface area contributed by atoms with Gasteiger partial charge in [0.05, 0.1) is 27.8 Å². The van der Waals surface area contributed by atoms with Crippen LogP contribution in [0.25, 0.3) is 11.0 Å². The zero-order valence-corrected chi connectivity index (χ0v) is 32.1. The summed E-state index contributed by atoms with van der Waals surface area (Å²) in [6.45, 7) is 3.32. The molecule has 4 aliphatic rings. The summed E-state index contributed by atoms with van der Waals surface area (Å²) in [5.41, 5.74) is 3.93. The van der Waals surface area contributed by atoms with E-state index < -0.39 is 73.9 Å². The Morgan fingerprint density at radius 1 is 1.16 bits per heavy atom. The Bertz CT molecular complexity index is 2220. The van der Waals surface area contributed by atoms with Crippen LogP contribution in [-0.2, 0) is 30.8 Å². The molecule has 3 N–H and O–H groups in total. The molecule has 7 rings (SSSR count). The Kier molecular flexibility index (Phi) is 10.6. The minimum absolute atomic E-state index is 0.0535. The van der Waals surface area contributed by atoms with Crippen molar-refractivity contribution in [2.24, 2.45) is 5.92 Å². The fourth-order valence-electron chi connectivity index (χ4n) is 7.12. The molecule has 2 fully saturated rings. The Balaban J connectivity index is 1.24. The van der Waals surface area contributed by atoms with Crippen molar-refractivity contribution in [3.8, 4) is 5.88 Å². The fraction of sp³-hybridized carbons (Fsp3) is 0.474. The number of nitrogens with zero attached hydrogens (tertiary/aromatic N) is 4. The van der Waals surface area contributed by atoms with E-state index in [1.807, 2.05) is 13.0 Å². The standard InChI is InChI=1S/C38H42FN7O7S2/c1-3-26-34(43-29-18-24(39)13-14-27(29)41-26)53-25-19-31-33(48)44-38(36(50)45-55(51,52)37(2)16-17-37)15-9-11-23(38)10-7-5-4-6-8-12-28(35(49)46(31)20-25)42-32(47)30-21-54-22-40-30/h7,10-11,13-15,18,21-23,25,28,31H,3-6,8,12,16-17,19-20H2,1-2H3,(H,42,47)(H,44,48)(H,45,50)/b10-7-/t23?,25-,28+,31+,38-/m1/s1. The molecule has 17 heteroatoms. The van der Waals surface area contributed by atoms with Crippen molar-refractivity contribution in [3.05, 3.63) is 76.3 Å². The summed E-state index contributed by atoms with van der Waals surface area (Å²) >= 11 is 1.24. The first-order chi connectivity index (χ1) is 26.3. The van der Waals surface area contributed by atoms with Gasteiger partial charge in [0.2, 0.25) is 27.7 Å². The highest BCUT2D eigenvalue weighted by molar-refractivity contribution is 7.91. The van der Waals surface area contributed by atoms with Crippen molar-refractivity contribution in [1.82, 2.24) is 35.2 Å². The normalized spacial score (nSPS) is 27.0. The molecule has 2 aliphatic carbocycles. The predicted molar refractivity (Wildman–Crippen MR) is 201 cm³/mol. The van der Waals surface area contributed by atoms with E-state index in [9.17, 15) is 32.0 Å². The molecule has 0 bridgehead atoms.